The molecule has 2 heterocycles. The van der Waals surface area contributed by atoms with Crippen molar-refractivity contribution in [3.63, 3.8) is 0 Å². The molecule has 3 rings (SSSR count). The van der Waals surface area contributed by atoms with E-state index in [0.29, 0.717) is 5.92 Å². The van der Waals surface area contributed by atoms with Crippen LogP contribution in [-0.4, -0.2) is 17.0 Å². The summed E-state index contributed by atoms with van der Waals surface area (Å²) >= 11 is 8.69. The lowest BCUT2D eigenvalue weighted by atomic mass is 10.3. The molecule has 3 nitrogen and oxygen atoms in total. The maximum absolute atomic E-state index is 4.67. The van der Waals surface area contributed by atoms with Gasteiger partial charge in [-0.2, -0.15) is 0 Å². The summed E-state index contributed by atoms with van der Waals surface area (Å²) in [5.41, 5.74) is 1.29. The molecule has 1 aliphatic carbocycles. The molecular weight excluding hydrogens is 390 g/mol. The lowest BCUT2D eigenvalue weighted by molar-refractivity contribution is 0.850. The molecule has 0 N–H and O–H groups in total. The van der Waals surface area contributed by atoms with E-state index >= 15 is 0 Å². The molecule has 0 bridgehead atoms. The van der Waals surface area contributed by atoms with Gasteiger partial charge < -0.3 is 4.90 Å². The Balaban J connectivity index is 1.80. The molecule has 6 heteroatoms. The maximum atomic E-state index is 4.67. The summed E-state index contributed by atoms with van der Waals surface area (Å²) in [6.07, 6.45) is 2.44. The van der Waals surface area contributed by atoms with Crippen LogP contribution in [0.15, 0.2) is 25.9 Å². The van der Waals surface area contributed by atoms with Crippen molar-refractivity contribution in [1.82, 2.24) is 9.97 Å². The summed E-state index contributed by atoms with van der Waals surface area (Å²) in [5, 5.41) is 2.17. The second-order valence-electron chi connectivity index (χ2n) is 4.80. The first-order valence-corrected chi connectivity index (χ1v) is 8.57. The molecule has 100 valence electrons. The van der Waals surface area contributed by atoms with Gasteiger partial charge in [0.1, 0.15) is 16.2 Å². The highest BCUT2D eigenvalue weighted by Crippen LogP contribution is 2.39. The zero-order valence-electron chi connectivity index (χ0n) is 10.4. The van der Waals surface area contributed by atoms with Gasteiger partial charge in [-0.05, 0) is 61.7 Å². The number of hydrogen-bond acceptors (Lipinski definition) is 4. The van der Waals surface area contributed by atoms with Crippen LogP contribution in [0.5, 0.6) is 0 Å². The van der Waals surface area contributed by atoms with Gasteiger partial charge in [0.2, 0.25) is 0 Å². The van der Waals surface area contributed by atoms with E-state index in [4.69, 9.17) is 0 Å². The van der Waals surface area contributed by atoms with Crippen molar-refractivity contribution in [2.24, 2.45) is 0 Å². The molecule has 1 fully saturated rings. The van der Waals surface area contributed by atoms with E-state index in [1.165, 1.54) is 22.2 Å². The number of thiophene rings is 1. The average Bonchev–Trinajstić information content (AvgIpc) is 3.13. The van der Waals surface area contributed by atoms with Crippen LogP contribution in [-0.2, 0) is 6.54 Å². The Morgan fingerprint density at radius 1 is 1.32 bits per heavy atom. The Morgan fingerprint density at radius 2 is 2.11 bits per heavy atom. The van der Waals surface area contributed by atoms with Gasteiger partial charge >= 0.3 is 0 Å². The van der Waals surface area contributed by atoms with Crippen LogP contribution >= 0.6 is 43.2 Å². The van der Waals surface area contributed by atoms with Gasteiger partial charge in [-0.1, -0.05) is 0 Å². The fourth-order valence-corrected chi connectivity index (χ4v) is 3.51. The lowest BCUT2D eigenvalue weighted by Crippen LogP contribution is -2.18. The third kappa shape index (κ3) is 3.35. The number of halogens is 2. The fraction of sp³-hybridized carbons (Fsp3) is 0.385. The van der Waals surface area contributed by atoms with E-state index < -0.39 is 0 Å². The van der Waals surface area contributed by atoms with E-state index in [-0.39, 0.29) is 0 Å². The Hall–Kier alpha value is -0.460. The van der Waals surface area contributed by atoms with Gasteiger partial charge in [0.25, 0.3) is 0 Å². The minimum atomic E-state index is 0.569. The van der Waals surface area contributed by atoms with Crippen LogP contribution in [0, 0.1) is 0 Å². The van der Waals surface area contributed by atoms with Crippen molar-refractivity contribution in [3.8, 4) is 0 Å². The third-order valence-electron chi connectivity index (χ3n) is 3.07. The molecule has 0 aromatic carbocycles. The first-order valence-electron chi connectivity index (χ1n) is 6.10. The predicted octanol–water partition coefficient (Wildman–Crippen LogP) is 4.58. The monoisotopic (exact) mass is 401 g/mol. The number of anilines is 1. The molecule has 0 radical (unpaired) electrons. The van der Waals surface area contributed by atoms with Crippen LogP contribution in [0.4, 0.5) is 5.82 Å². The van der Waals surface area contributed by atoms with Crippen molar-refractivity contribution in [1.29, 1.82) is 0 Å². The molecule has 1 saturated carbocycles. The minimum Gasteiger partial charge on any atom is -0.355 e. The third-order valence-corrected chi connectivity index (χ3v) is 5.03. The van der Waals surface area contributed by atoms with Crippen molar-refractivity contribution < 1.29 is 0 Å². The second-order valence-corrected chi connectivity index (χ2v) is 7.90. The van der Waals surface area contributed by atoms with E-state index in [1.807, 2.05) is 6.07 Å². The first-order chi connectivity index (χ1) is 9.11. The molecule has 0 atom stereocenters. The van der Waals surface area contributed by atoms with Gasteiger partial charge in [0.05, 0.1) is 3.79 Å². The molecular formula is C13H13Br2N3S. The number of rotatable bonds is 4. The van der Waals surface area contributed by atoms with E-state index in [1.54, 1.807) is 11.3 Å². The Morgan fingerprint density at radius 3 is 2.74 bits per heavy atom. The summed E-state index contributed by atoms with van der Waals surface area (Å²) in [7, 11) is 2.07. The summed E-state index contributed by atoms with van der Waals surface area (Å²) < 4.78 is 2.04. The van der Waals surface area contributed by atoms with E-state index in [0.717, 1.165) is 22.8 Å². The number of nitrogens with zero attached hydrogens (tertiary/aromatic N) is 3. The molecule has 0 amide bonds. The summed E-state index contributed by atoms with van der Waals surface area (Å²) in [6, 6.07) is 4.13. The van der Waals surface area contributed by atoms with Crippen molar-refractivity contribution in [3.05, 3.63) is 37.3 Å². The highest BCUT2D eigenvalue weighted by molar-refractivity contribution is 9.11. The minimum absolute atomic E-state index is 0.569. The largest absolute Gasteiger partial charge is 0.355 e. The standard InChI is InChI=1S/C13H13Br2N3S/c1-18(6-8-4-11(15)19-7-8)12-5-10(14)16-13(17-12)9-2-3-9/h4-5,7,9H,2-3,6H2,1H3. The first kappa shape index (κ1) is 13.5. The molecule has 2 aromatic rings. The van der Waals surface area contributed by atoms with E-state index in [9.17, 15) is 0 Å². The van der Waals surface area contributed by atoms with Crippen molar-refractivity contribution in [2.45, 2.75) is 25.3 Å². The van der Waals surface area contributed by atoms with Gasteiger partial charge in [0, 0.05) is 25.6 Å². The Labute approximate surface area is 133 Å². The molecule has 0 saturated heterocycles. The molecule has 1 aliphatic rings. The number of aromatic nitrogens is 2. The van der Waals surface area contributed by atoms with Crippen LogP contribution < -0.4 is 4.90 Å². The highest BCUT2D eigenvalue weighted by atomic mass is 79.9. The van der Waals surface area contributed by atoms with Gasteiger partial charge in [-0.25, -0.2) is 9.97 Å². The second kappa shape index (κ2) is 5.50. The quantitative estimate of drug-likeness (QED) is 0.701. The fourth-order valence-electron chi connectivity index (χ4n) is 1.93. The normalized spacial score (nSPS) is 14.7. The van der Waals surface area contributed by atoms with Gasteiger partial charge in [0.15, 0.2) is 0 Å². The van der Waals surface area contributed by atoms with Crippen LogP contribution in [0.25, 0.3) is 0 Å². The van der Waals surface area contributed by atoms with Crippen molar-refractivity contribution >= 4 is 49.0 Å². The molecule has 2 aromatic heterocycles. The van der Waals surface area contributed by atoms with Crippen molar-refractivity contribution in [2.75, 3.05) is 11.9 Å². The topological polar surface area (TPSA) is 29.0 Å². The Kier molecular flexibility index (Phi) is 3.91. The smallest absolute Gasteiger partial charge is 0.135 e. The van der Waals surface area contributed by atoms with Gasteiger partial charge in [-0.15, -0.1) is 11.3 Å². The van der Waals surface area contributed by atoms with Crippen LogP contribution in [0.2, 0.25) is 0 Å². The maximum Gasteiger partial charge on any atom is 0.135 e. The average molecular weight is 403 g/mol. The highest BCUT2D eigenvalue weighted by Gasteiger charge is 2.27. The molecule has 0 unspecified atom stereocenters. The SMILES string of the molecule is CN(Cc1csc(Br)c1)c1cc(Br)nc(C2CC2)n1. The zero-order valence-corrected chi connectivity index (χ0v) is 14.4. The predicted molar refractivity (Wildman–Crippen MR) is 85.8 cm³/mol. The van der Waals surface area contributed by atoms with Crippen LogP contribution in [0.3, 0.4) is 0 Å². The van der Waals surface area contributed by atoms with E-state index in [2.05, 4.69) is 65.2 Å². The summed E-state index contributed by atoms with van der Waals surface area (Å²) in [6.45, 7) is 0.857. The molecule has 0 spiro atoms. The summed E-state index contributed by atoms with van der Waals surface area (Å²) in [5.74, 6) is 2.52. The lowest BCUT2D eigenvalue weighted by Gasteiger charge is -2.18. The van der Waals surface area contributed by atoms with Crippen LogP contribution in [0.1, 0.15) is 30.1 Å². The molecule has 19 heavy (non-hydrogen) atoms. The molecule has 0 aliphatic heterocycles. The van der Waals surface area contributed by atoms with Gasteiger partial charge in [-0.3, -0.25) is 0 Å². The Bertz CT molecular complexity index is 595. The zero-order chi connectivity index (χ0) is 13.4. The number of hydrogen-bond donors (Lipinski definition) is 0. The summed E-state index contributed by atoms with van der Waals surface area (Å²) in [4.78, 5) is 11.3.